The molecule has 0 aromatic carbocycles. The minimum atomic E-state index is -3.22. The molecule has 0 saturated heterocycles. The Hall–Kier alpha value is 0.450. The number of hydrogen-bond acceptors (Lipinski definition) is 6. The SMILES string of the molecule is CCOP(=O)(OCC)SC(C)CS(=O)(=O)CC. The van der Waals surface area contributed by atoms with Gasteiger partial charge in [0.25, 0.3) is 0 Å². The lowest BCUT2D eigenvalue weighted by molar-refractivity contribution is 0.237. The molecule has 0 aromatic heterocycles. The summed E-state index contributed by atoms with van der Waals surface area (Å²) < 4.78 is 45.2. The standard InChI is InChI=1S/C9H21O5PS2/c1-5-13-15(10,14-6-2)16-9(4)8-17(11,12)7-3/h9H,5-8H2,1-4H3. The molecule has 0 radical (unpaired) electrons. The van der Waals surface area contributed by atoms with Crippen LogP contribution in [-0.2, 0) is 23.4 Å². The van der Waals surface area contributed by atoms with E-state index in [9.17, 15) is 13.0 Å². The van der Waals surface area contributed by atoms with Crippen molar-refractivity contribution in [2.45, 2.75) is 32.9 Å². The summed E-state index contributed by atoms with van der Waals surface area (Å²) >= 11 is 0.970. The predicted octanol–water partition coefficient (Wildman–Crippen LogP) is 2.72. The summed E-state index contributed by atoms with van der Waals surface area (Å²) in [6.45, 7) is 4.08. The highest BCUT2D eigenvalue weighted by Crippen LogP contribution is 2.62. The van der Waals surface area contributed by atoms with Crippen molar-refractivity contribution in [3.8, 4) is 0 Å². The van der Waals surface area contributed by atoms with Crippen molar-refractivity contribution in [2.24, 2.45) is 0 Å². The summed E-state index contributed by atoms with van der Waals surface area (Å²) in [6.07, 6.45) is 0. The fraction of sp³-hybridized carbons (Fsp3) is 1.00. The van der Waals surface area contributed by atoms with Gasteiger partial charge in [-0.15, -0.1) is 0 Å². The molecule has 0 aromatic rings. The molecule has 0 N–H and O–H groups in total. The molecule has 0 fully saturated rings. The zero-order valence-electron chi connectivity index (χ0n) is 10.7. The Morgan fingerprint density at radius 3 is 2.00 bits per heavy atom. The zero-order valence-corrected chi connectivity index (χ0v) is 13.2. The zero-order chi connectivity index (χ0) is 13.5. The minimum absolute atomic E-state index is 0.0156. The van der Waals surface area contributed by atoms with Crippen LogP contribution in [0.25, 0.3) is 0 Å². The van der Waals surface area contributed by atoms with Crippen LogP contribution < -0.4 is 0 Å². The van der Waals surface area contributed by atoms with E-state index in [1.807, 2.05) is 0 Å². The van der Waals surface area contributed by atoms with Gasteiger partial charge in [0.15, 0.2) is 9.84 Å². The number of hydrogen-bond donors (Lipinski definition) is 0. The van der Waals surface area contributed by atoms with Crippen LogP contribution in [0.2, 0.25) is 0 Å². The number of sulfone groups is 1. The van der Waals surface area contributed by atoms with E-state index in [1.165, 1.54) is 0 Å². The Balaban J connectivity index is 4.51. The smallest absolute Gasteiger partial charge is 0.301 e. The van der Waals surface area contributed by atoms with Crippen LogP contribution in [0.15, 0.2) is 0 Å². The maximum absolute atomic E-state index is 12.1. The van der Waals surface area contributed by atoms with E-state index >= 15 is 0 Å². The van der Waals surface area contributed by atoms with Crippen LogP contribution in [0, 0.1) is 0 Å². The Labute approximate surface area is 108 Å². The van der Waals surface area contributed by atoms with Crippen molar-refractivity contribution >= 4 is 28.0 Å². The molecule has 0 spiro atoms. The Bertz CT molecular complexity index is 344. The maximum atomic E-state index is 12.1. The van der Waals surface area contributed by atoms with Crippen LogP contribution in [0.5, 0.6) is 0 Å². The predicted molar refractivity (Wildman–Crippen MR) is 72.2 cm³/mol. The molecule has 0 bridgehead atoms. The second-order valence-electron chi connectivity index (χ2n) is 3.40. The number of rotatable bonds is 9. The Morgan fingerprint density at radius 1 is 1.18 bits per heavy atom. The molecule has 5 nitrogen and oxygen atoms in total. The molecule has 0 aliphatic carbocycles. The summed E-state index contributed by atoms with van der Waals surface area (Å²) in [6, 6.07) is 0. The van der Waals surface area contributed by atoms with E-state index in [1.54, 1.807) is 27.7 Å². The molecule has 0 rings (SSSR count). The topological polar surface area (TPSA) is 69.7 Å². The molecule has 0 aliphatic rings. The molecule has 0 aliphatic heterocycles. The van der Waals surface area contributed by atoms with Gasteiger partial charge in [0.05, 0.1) is 19.0 Å². The first-order chi connectivity index (χ1) is 7.78. The van der Waals surface area contributed by atoms with E-state index < -0.39 is 16.6 Å². The first-order valence-corrected chi connectivity index (χ1v) is 10.4. The summed E-state index contributed by atoms with van der Waals surface area (Å²) in [5.41, 5.74) is 0. The van der Waals surface area contributed by atoms with E-state index in [-0.39, 0.29) is 30.0 Å². The lowest BCUT2D eigenvalue weighted by Crippen LogP contribution is -2.17. The average Bonchev–Trinajstić information content (AvgIpc) is 2.16. The van der Waals surface area contributed by atoms with Crippen molar-refractivity contribution in [3.63, 3.8) is 0 Å². The highest BCUT2D eigenvalue weighted by Gasteiger charge is 2.29. The van der Waals surface area contributed by atoms with Crippen LogP contribution in [0.4, 0.5) is 0 Å². The lowest BCUT2D eigenvalue weighted by atomic mass is 10.6. The fourth-order valence-electron chi connectivity index (χ4n) is 1.14. The lowest BCUT2D eigenvalue weighted by Gasteiger charge is -2.19. The second kappa shape index (κ2) is 7.79. The molecule has 0 amide bonds. The Kier molecular flexibility index (Phi) is 8.00. The molecule has 104 valence electrons. The van der Waals surface area contributed by atoms with Crippen molar-refractivity contribution in [3.05, 3.63) is 0 Å². The summed E-state index contributed by atoms with van der Waals surface area (Å²) in [5.74, 6) is 0.0732. The van der Waals surface area contributed by atoms with Crippen LogP contribution in [0.3, 0.4) is 0 Å². The Morgan fingerprint density at radius 2 is 1.65 bits per heavy atom. The van der Waals surface area contributed by atoms with Gasteiger partial charge in [-0.3, -0.25) is 0 Å². The second-order valence-corrected chi connectivity index (χ2v) is 10.2. The third-order valence-electron chi connectivity index (χ3n) is 1.81. The van der Waals surface area contributed by atoms with Gasteiger partial charge in [0, 0.05) is 11.0 Å². The molecule has 0 heterocycles. The molecule has 8 heteroatoms. The largest absolute Gasteiger partial charge is 0.389 e. The van der Waals surface area contributed by atoms with E-state index in [4.69, 9.17) is 9.05 Å². The normalized spacial score (nSPS) is 14.8. The van der Waals surface area contributed by atoms with Crippen LogP contribution >= 0.6 is 18.2 Å². The van der Waals surface area contributed by atoms with Gasteiger partial charge in [0.1, 0.15) is 0 Å². The first-order valence-electron chi connectivity index (χ1n) is 5.56. The highest BCUT2D eigenvalue weighted by atomic mass is 32.7. The minimum Gasteiger partial charge on any atom is -0.301 e. The third kappa shape index (κ3) is 7.47. The van der Waals surface area contributed by atoms with Crippen molar-refractivity contribution in [2.75, 3.05) is 24.7 Å². The van der Waals surface area contributed by atoms with Crippen molar-refractivity contribution in [1.82, 2.24) is 0 Å². The van der Waals surface area contributed by atoms with E-state index in [0.29, 0.717) is 0 Å². The molecular formula is C9H21O5PS2. The molecule has 1 unspecified atom stereocenters. The molecule has 0 saturated carbocycles. The molecule has 17 heavy (non-hydrogen) atoms. The van der Waals surface area contributed by atoms with E-state index in [2.05, 4.69) is 0 Å². The van der Waals surface area contributed by atoms with Gasteiger partial charge in [-0.25, -0.2) is 13.0 Å². The van der Waals surface area contributed by atoms with Gasteiger partial charge in [-0.1, -0.05) is 13.8 Å². The van der Waals surface area contributed by atoms with Gasteiger partial charge >= 0.3 is 6.80 Å². The summed E-state index contributed by atoms with van der Waals surface area (Å²) in [7, 11) is -3.07. The monoisotopic (exact) mass is 304 g/mol. The summed E-state index contributed by atoms with van der Waals surface area (Å²) in [4.78, 5) is 0. The van der Waals surface area contributed by atoms with Gasteiger partial charge in [-0.2, -0.15) is 0 Å². The fourth-order valence-corrected chi connectivity index (χ4v) is 7.09. The van der Waals surface area contributed by atoms with Gasteiger partial charge < -0.3 is 9.05 Å². The van der Waals surface area contributed by atoms with Crippen LogP contribution in [-0.4, -0.2) is 38.4 Å². The van der Waals surface area contributed by atoms with E-state index in [0.717, 1.165) is 11.4 Å². The highest BCUT2D eigenvalue weighted by molar-refractivity contribution is 8.55. The maximum Gasteiger partial charge on any atom is 0.389 e. The van der Waals surface area contributed by atoms with Gasteiger partial charge in [0.2, 0.25) is 0 Å². The quantitative estimate of drug-likeness (QED) is 0.610. The summed E-state index contributed by atoms with van der Waals surface area (Å²) in [5, 5.41) is -0.316. The third-order valence-corrected chi connectivity index (χ3v) is 8.33. The first kappa shape index (κ1) is 17.4. The average molecular weight is 304 g/mol. The molecule has 1 atom stereocenters. The molecular weight excluding hydrogens is 283 g/mol. The van der Waals surface area contributed by atoms with Crippen molar-refractivity contribution < 1.29 is 22.0 Å². The van der Waals surface area contributed by atoms with Gasteiger partial charge in [-0.05, 0) is 25.2 Å². The van der Waals surface area contributed by atoms with Crippen molar-refractivity contribution in [1.29, 1.82) is 0 Å². The van der Waals surface area contributed by atoms with Crippen LogP contribution in [0.1, 0.15) is 27.7 Å².